The maximum absolute atomic E-state index is 12.6. The van der Waals surface area contributed by atoms with E-state index in [0.717, 1.165) is 42.9 Å². The SMILES string of the molecule is CCCCCC1CCC(C(=O)Oc2ccc(-c3ccc(CCC)cn3)cc2)CC1. The molecule has 0 bridgehead atoms. The quantitative estimate of drug-likeness (QED) is 0.262. The van der Waals surface area contributed by atoms with E-state index in [2.05, 4.69) is 31.0 Å². The molecule has 0 unspecified atom stereocenters. The van der Waals surface area contributed by atoms with Gasteiger partial charge in [-0.3, -0.25) is 9.78 Å². The van der Waals surface area contributed by atoms with Crippen molar-refractivity contribution in [3.8, 4) is 17.0 Å². The minimum Gasteiger partial charge on any atom is -0.426 e. The molecule has 1 aliphatic carbocycles. The van der Waals surface area contributed by atoms with Crippen molar-refractivity contribution in [2.24, 2.45) is 11.8 Å². The van der Waals surface area contributed by atoms with Crippen molar-refractivity contribution >= 4 is 5.97 Å². The maximum atomic E-state index is 12.6. The Labute approximate surface area is 175 Å². The Balaban J connectivity index is 1.49. The monoisotopic (exact) mass is 393 g/mol. The van der Waals surface area contributed by atoms with E-state index >= 15 is 0 Å². The first-order chi connectivity index (χ1) is 14.2. The number of carbonyl (C=O) groups excluding carboxylic acids is 1. The summed E-state index contributed by atoms with van der Waals surface area (Å²) in [6.07, 6.45) is 13.7. The van der Waals surface area contributed by atoms with Crippen LogP contribution in [0.5, 0.6) is 5.75 Å². The van der Waals surface area contributed by atoms with E-state index in [-0.39, 0.29) is 11.9 Å². The second kappa shape index (κ2) is 11.1. The van der Waals surface area contributed by atoms with Crippen LogP contribution in [0.15, 0.2) is 42.6 Å². The number of ether oxygens (including phenoxy) is 1. The third-order valence-electron chi connectivity index (χ3n) is 6.13. The van der Waals surface area contributed by atoms with E-state index in [1.165, 1.54) is 44.1 Å². The molecule has 0 amide bonds. The molecule has 3 rings (SSSR count). The van der Waals surface area contributed by atoms with Crippen molar-refractivity contribution in [1.82, 2.24) is 4.98 Å². The van der Waals surface area contributed by atoms with Crippen LogP contribution < -0.4 is 4.74 Å². The van der Waals surface area contributed by atoms with Crippen molar-refractivity contribution < 1.29 is 9.53 Å². The van der Waals surface area contributed by atoms with Gasteiger partial charge in [-0.25, -0.2) is 0 Å². The topological polar surface area (TPSA) is 39.2 Å². The molecule has 29 heavy (non-hydrogen) atoms. The minimum atomic E-state index is -0.0631. The van der Waals surface area contributed by atoms with Crippen molar-refractivity contribution in [2.45, 2.75) is 78.1 Å². The summed E-state index contributed by atoms with van der Waals surface area (Å²) >= 11 is 0. The van der Waals surface area contributed by atoms with Crippen LogP contribution in [-0.2, 0) is 11.2 Å². The molecule has 1 aromatic heterocycles. The third-order valence-corrected chi connectivity index (χ3v) is 6.13. The highest BCUT2D eigenvalue weighted by Gasteiger charge is 2.27. The number of pyridine rings is 1. The summed E-state index contributed by atoms with van der Waals surface area (Å²) < 4.78 is 5.67. The molecule has 0 spiro atoms. The second-order valence-electron chi connectivity index (χ2n) is 8.46. The van der Waals surface area contributed by atoms with E-state index in [0.29, 0.717) is 5.75 Å². The van der Waals surface area contributed by atoms with Crippen molar-refractivity contribution in [3.63, 3.8) is 0 Å². The standard InChI is InChI=1S/C26H35NO2/c1-3-5-6-8-20-9-12-23(13-10-20)26(28)29-24-16-14-22(15-17-24)25-18-11-21(7-4-2)19-27-25/h11,14-20,23H,3-10,12-13H2,1-2H3. The summed E-state index contributed by atoms with van der Waals surface area (Å²) in [6.45, 7) is 4.42. The van der Waals surface area contributed by atoms with Gasteiger partial charge in [0, 0.05) is 11.8 Å². The average Bonchev–Trinajstić information content (AvgIpc) is 2.76. The Kier molecular flexibility index (Phi) is 8.27. The Morgan fingerprint density at radius 3 is 2.34 bits per heavy atom. The predicted molar refractivity (Wildman–Crippen MR) is 119 cm³/mol. The Morgan fingerprint density at radius 2 is 1.72 bits per heavy atom. The molecule has 3 heteroatoms. The smallest absolute Gasteiger partial charge is 0.314 e. The number of unbranched alkanes of at least 4 members (excludes halogenated alkanes) is 2. The van der Waals surface area contributed by atoms with E-state index in [1.807, 2.05) is 30.5 Å². The molecular formula is C26H35NO2. The van der Waals surface area contributed by atoms with Gasteiger partial charge in [0.1, 0.15) is 5.75 Å². The third kappa shape index (κ3) is 6.42. The number of hydrogen-bond acceptors (Lipinski definition) is 3. The predicted octanol–water partition coefficient (Wildman–Crippen LogP) is 6.99. The van der Waals surface area contributed by atoms with Crippen molar-refractivity contribution in [1.29, 1.82) is 0 Å². The van der Waals surface area contributed by atoms with Gasteiger partial charge in [-0.15, -0.1) is 0 Å². The van der Waals surface area contributed by atoms with Crippen LogP contribution in [-0.4, -0.2) is 11.0 Å². The van der Waals surface area contributed by atoms with Gasteiger partial charge < -0.3 is 4.74 Å². The van der Waals surface area contributed by atoms with E-state index in [9.17, 15) is 4.79 Å². The number of aromatic nitrogens is 1. The number of esters is 1. The average molecular weight is 394 g/mol. The lowest BCUT2D eigenvalue weighted by molar-refractivity contribution is -0.140. The number of aryl methyl sites for hydroxylation is 1. The van der Waals surface area contributed by atoms with Crippen LogP contribution in [0.3, 0.4) is 0 Å². The van der Waals surface area contributed by atoms with Gasteiger partial charge in [0.15, 0.2) is 0 Å². The first-order valence-corrected chi connectivity index (χ1v) is 11.5. The van der Waals surface area contributed by atoms with Crippen molar-refractivity contribution in [2.75, 3.05) is 0 Å². The molecule has 156 valence electrons. The molecular weight excluding hydrogens is 358 g/mol. The van der Waals surface area contributed by atoms with Gasteiger partial charge in [-0.05, 0) is 73.9 Å². The lowest BCUT2D eigenvalue weighted by atomic mass is 9.80. The molecule has 1 aromatic carbocycles. The Bertz CT molecular complexity index is 743. The minimum absolute atomic E-state index is 0.0601. The van der Waals surface area contributed by atoms with Crippen LogP contribution in [0.2, 0.25) is 0 Å². The van der Waals surface area contributed by atoms with Crippen LogP contribution >= 0.6 is 0 Å². The molecule has 3 nitrogen and oxygen atoms in total. The lowest BCUT2D eigenvalue weighted by Crippen LogP contribution is -2.25. The van der Waals surface area contributed by atoms with Crippen LogP contribution in [0, 0.1) is 11.8 Å². The van der Waals surface area contributed by atoms with Crippen LogP contribution in [0.1, 0.15) is 77.2 Å². The highest BCUT2D eigenvalue weighted by molar-refractivity contribution is 5.75. The lowest BCUT2D eigenvalue weighted by Gasteiger charge is -2.27. The normalized spacial score (nSPS) is 19.1. The molecule has 0 N–H and O–H groups in total. The molecule has 0 saturated heterocycles. The number of rotatable bonds is 9. The van der Waals surface area contributed by atoms with Gasteiger partial charge in [0.25, 0.3) is 0 Å². The molecule has 0 aliphatic heterocycles. The second-order valence-corrected chi connectivity index (χ2v) is 8.46. The van der Waals surface area contributed by atoms with Crippen LogP contribution in [0.4, 0.5) is 0 Å². The van der Waals surface area contributed by atoms with Crippen molar-refractivity contribution in [3.05, 3.63) is 48.2 Å². The summed E-state index contributed by atoms with van der Waals surface area (Å²) in [5, 5.41) is 0. The number of hydrogen-bond donors (Lipinski definition) is 0. The zero-order chi connectivity index (χ0) is 20.5. The summed E-state index contributed by atoms with van der Waals surface area (Å²) in [6, 6.07) is 11.9. The fraction of sp³-hybridized carbons (Fsp3) is 0.538. The highest BCUT2D eigenvalue weighted by Crippen LogP contribution is 2.33. The molecule has 2 aromatic rings. The fourth-order valence-electron chi connectivity index (χ4n) is 4.29. The zero-order valence-electron chi connectivity index (χ0n) is 18.0. The Hall–Kier alpha value is -2.16. The van der Waals surface area contributed by atoms with E-state index < -0.39 is 0 Å². The first-order valence-electron chi connectivity index (χ1n) is 11.5. The first kappa shape index (κ1) is 21.5. The number of nitrogens with zero attached hydrogens (tertiary/aromatic N) is 1. The van der Waals surface area contributed by atoms with Gasteiger partial charge in [-0.1, -0.05) is 52.0 Å². The van der Waals surface area contributed by atoms with Gasteiger partial charge in [-0.2, -0.15) is 0 Å². The van der Waals surface area contributed by atoms with Gasteiger partial charge in [0.2, 0.25) is 0 Å². The molecule has 0 atom stereocenters. The molecule has 0 radical (unpaired) electrons. The zero-order valence-corrected chi connectivity index (χ0v) is 18.0. The molecule has 1 aliphatic rings. The fourth-order valence-corrected chi connectivity index (χ4v) is 4.29. The Morgan fingerprint density at radius 1 is 0.966 bits per heavy atom. The summed E-state index contributed by atoms with van der Waals surface area (Å²) in [5.41, 5.74) is 3.26. The summed E-state index contributed by atoms with van der Waals surface area (Å²) in [5.74, 6) is 1.43. The van der Waals surface area contributed by atoms with E-state index in [1.54, 1.807) is 0 Å². The highest BCUT2D eigenvalue weighted by atomic mass is 16.5. The maximum Gasteiger partial charge on any atom is 0.314 e. The summed E-state index contributed by atoms with van der Waals surface area (Å²) in [4.78, 5) is 17.1. The van der Waals surface area contributed by atoms with Gasteiger partial charge >= 0.3 is 5.97 Å². The van der Waals surface area contributed by atoms with E-state index in [4.69, 9.17) is 4.74 Å². The molecule has 1 heterocycles. The molecule has 1 saturated carbocycles. The largest absolute Gasteiger partial charge is 0.426 e. The van der Waals surface area contributed by atoms with Crippen LogP contribution in [0.25, 0.3) is 11.3 Å². The molecule has 1 fully saturated rings. The van der Waals surface area contributed by atoms with Gasteiger partial charge in [0.05, 0.1) is 11.6 Å². The number of benzene rings is 1. The summed E-state index contributed by atoms with van der Waals surface area (Å²) in [7, 11) is 0. The number of carbonyl (C=O) groups is 1.